The Hall–Kier alpha value is -4.69. The minimum absolute atomic E-state index is 0.0769. The van der Waals surface area contributed by atoms with Crippen LogP contribution >= 0.6 is 15.9 Å². The van der Waals surface area contributed by atoms with Gasteiger partial charge in [0.1, 0.15) is 11.5 Å². The summed E-state index contributed by atoms with van der Waals surface area (Å²) in [6.45, 7) is 0.0769. The van der Waals surface area contributed by atoms with Gasteiger partial charge in [-0.05, 0) is 53.6 Å². The lowest BCUT2D eigenvalue weighted by Crippen LogP contribution is -2.51. The Morgan fingerprint density at radius 3 is 2.45 bits per heavy atom. The van der Waals surface area contributed by atoms with Gasteiger partial charge in [-0.25, -0.2) is 0 Å². The smallest absolute Gasteiger partial charge is 0.238 e. The second kappa shape index (κ2) is 9.16. The van der Waals surface area contributed by atoms with Gasteiger partial charge in [-0.15, -0.1) is 0 Å². The number of ketones is 2. The molecule has 1 amide bonds. The van der Waals surface area contributed by atoms with Crippen LogP contribution in [0.4, 0.5) is 11.4 Å². The standard InChI is InChI=1S/C34H23BrN2O5/c35-22-13-9-20(10-14-22)31(38)29-30(32(39)21-11-15-26-27(17-21)42-18-41-26)37-25-8-4-1-5-19(25)12-16-28(37)34(29)23-6-2-3-7-24(23)36-33(34)40/h1-17,28-30H,18H2,(H,36,40)/t28-,29+,30-,34+/m0/s1. The molecule has 0 radical (unpaired) electrons. The fourth-order valence-corrected chi connectivity index (χ4v) is 7.40. The summed E-state index contributed by atoms with van der Waals surface area (Å²) in [5.41, 5.74) is 2.53. The second-order valence-corrected chi connectivity index (χ2v) is 11.8. The summed E-state index contributed by atoms with van der Waals surface area (Å²) in [6, 6.07) is 25.8. The van der Waals surface area contributed by atoms with Crippen molar-refractivity contribution in [1.29, 1.82) is 0 Å². The maximum absolute atomic E-state index is 14.8. The molecule has 0 unspecified atom stereocenters. The number of ether oxygens (including phenoxy) is 2. The first-order valence-electron chi connectivity index (χ1n) is 13.7. The number of nitrogens with zero attached hydrogens (tertiary/aromatic N) is 1. The van der Waals surface area contributed by atoms with E-state index in [4.69, 9.17) is 9.47 Å². The van der Waals surface area contributed by atoms with E-state index < -0.39 is 23.4 Å². The largest absolute Gasteiger partial charge is 0.454 e. The van der Waals surface area contributed by atoms with Gasteiger partial charge in [0.2, 0.25) is 12.7 Å². The van der Waals surface area contributed by atoms with Gasteiger partial charge in [-0.1, -0.05) is 76.6 Å². The second-order valence-electron chi connectivity index (χ2n) is 10.9. The monoisotopic (exact) mass is 618 g/mol. The van der Waals surface area contributed by atoms with E-state index in [1.54, 1.807) is 42.5 Å². The topological polar surface area (TPSA) is 84.9 Å². The molecule has 4 aliphatic heterocycles. The molecule has 8 rings (SSSR count). The van der Waals surface area contributed by atoms with Crippen LogP contribution in [0.2, 0.25) is 0 Å². The molecule has 1 fully saturated rings. The van der Waals surface area contributed by atoms with E-state index in [1.165, 1.54) is 0 Å². The van der Waals surface area contributed by atoms with Crippen LogP contribution < -0.4 is 19.7 Å². The highest BCUT2D eigenvalue weighted by molar-refractivity contribution is 9.10. The van der Waals surface area contributed by atoms with Crippen LogP contribution in [0.5, 0.6) is 11.5 Å². The van der Waals surface area contributed by atoms with E-state index in [0.29, 0.717) is 33.9 Å². The number of para-hydroxylation sites is 2. The number of halogens is 1. The molecular weight excluding hydrogens is 596 g/mol. The van der Waals surface area contributed by atoms with E-state index in [9.17, 15) is 14.4 Å². The molecule has 4 atom stereocenters. The van der Waals surface area contributed by atoms with Crippen molar-refractivity contribution in [3.8, 4) is 11.5 Å². The zero-order chi connectivity index (χ0) is 28.6. The fraction of sp³-hybridized carbons (Fsp3) is 0.147. The molecule has 8 heteroatoms. The Balaban J connectivity index is 1.41. The van der Waals surface area contributed by atoms with Gasteiger partial charge in [-0.3, -0.25) is 14.4 Å². The van der Waals surface area contributed by atoms with Crippen LogP contribution in [0.3, 0.4) is 0 Å². The molecule has 4 heterocycles. The molecule has 4 aromatic carbocycles. The predicted molar refractivity (Wildman–Crippen MR) is 161 cm³/mol. The van der Waals surface area contributed by atoms with Crippen molar-refractivity contribution in [3.63, 3.8) is 0 Å². The highest BCUT2D eigenvalue weighted by Crippen LogP contribution is 2.58. The average molecular weight is 619 g/mol. The summed E-state index contributed by atoms with van der Waals surface area (Å²) < 4.78 is 11.9. The summed E-state index contributed by atoms with van der Waals surface area (Å²) in [4.78, 5) is 46.0. The number of nitrogens with one attached hydrogen (secondary N) is 1. The lowest BCUT2D eigenvalue weighted by Gasteiger charge is -2.37. The first-order valence-corrected chi connectivity index (χ1v) is 14.5. The summed E-state index contributed by atoms with van der Waals surface area (Å²) in [6.07, 6.45) is 3.96. The van der Waals surface area contributed by atoms with E-state index in [1.807, 2.05) is 65.6 Å². The van der Waals surface area contributed by atoms with Crippen molar-refractivity contribution in [2.24, 2.45) is 5.92 Å². The number of hydrogen-bond acceptors (Lipinski definition) is 6. The predicted octanol–water partition coefficient (Wildman–Crippen LogP) is 6.03. The van der Waals surface area contributed by atoms with E-state index in [-0.39, 0.29) is 24.3 Å². The highest BCUT2D eigenvalue weighted by atomic mass is 79.9. The molecule has 206 valence electrons. The van der Waals surface area contributed by atoms with E-state index in [0.717, 1.165) is 15.7 Å². The Morgan fingerprint density at radius 2 is 1.60 bits per heavy atom. The zero-order valence-corrected chi connectivity index (χ0v) is 23.7. The molecule has 1 N–H and O–H groups in total. The molecular formula is C34H23BrN2O5. The molecule has 0 aromatic heterocycles. The average Bonchev–Trinajstić information content (AvgIpc) is 3.70. The lowest BCUT2D eigenvalue weighted by atomic mass is 9.64. The number of Topliss-reactive ketones (excluding diaryl/α,β-unsaturated/α-hetero) is 2. The molecule has 1 spiro atoms. The third-order valence-corrected chi connectivity index (χ3v) is 9.41. The molecule has 0 aliphatic carbocycles. The van der Waals surface area contributed by atoms with Crippen LogP contribution in [0.15, 0.2) is 102 Å². The third-order valence-electron chi connectivity index (χ3n) is 8.88. The van der Waals surface area contributed by atoms with Crippen LogP contribution in [-0.2, 0) is 10.2 Å². The Morgan fingerprint density at radius 1 is 0.857 bits per heavy atom. The number of hydrogen-bond donors (Lipinski definition) is 1. The Bertz CT molecular complexity index is 1850. The number of anilines is 2. The van der Waals surface area contributed by atoms with Crippen LogP contribution in [-0.4, -0.2) is 36.4 Å². The van der Waals surface area contributed by atoms with Gasteiger partial charge in [-0.2, -0.15) is 0 Å². The molecule has 1 saturated heterocycles. The molecule has 4 aliphatic rings. The number of rotatable bonds is 4. The molecule has 4 aromatic rings. The fourth-order valence-electron chi connectivity index (χ4n) is 7.13. The highest BCUT2D eigenvalue weighted by Gasteiger charge is 2.70. The number of fused-ring (bicyclic) bond motifs is 7. The SMILES string of the molecule is O=C(c1ccc2c(c1)OCO2)[C@@H]1[C@H](C(=O)c2ccc(Br)cc2)[C@]2(C(=O)Nc3ccccc32)[C@@H]2C=Cc3ccccc3N12. The molecule has 7 nitrogen and oxygen atoms in total. The number of benzene rings is 4. The van der Waals surface area contributed by atoms with Crippen molar-refractivity contribution in [1.82, 2.24) is 0 Å². The summed E-state index contributed by atoms with van der Waals surface area (Å²) in [7, 11) is 0. The number of amides is 1. The quantitative estimate of drug-likeness (QED) is 0.281. The maximum Gasteiger partial charge on any atom is 0.238 e. The summed E-state index contributed by atoms with van der Waals surface area (Å²) >= 11 is 3.46. The number of carbonyl (C=O) groups excluding carboxylic acids is 3. The van der Waals surface area contributed by atoms with Crippen LogP contribution in [0, 0.1) is 5.92 Å². The third kappa shape index (κ3) is 3.35. The molecule has 42 heavy (non-hydrogen) atoms. The van der Waals surface area contributed by atoms with Gasteiger partial charge in [0.05, 0.1) is 12.0 Å². The van der Waals surface area contributed by atoms with Gasteiger partial charge in [0.15, 0.2) is 23.1 Å². The first kappa shape index (κ1) is 25.1. The van der Waals surface area contributed by atoms with Crippen LogP contribution in [0.1, 0.15) is 31.8 Å². The van der Waals surface area contributed by atoms with Crippen molar-refractivity contribution < 1.29 is 23.9 Å². The van der Waals surface area contributed by atoms with E-state index in [2.05, 4.69) is 21.2 Å². The van der Waals surface area contributed by atoms with Crippen LogP contribution in [0.25, 0.3) is 6.08 Å². The van der Waals surface area contributed by atoms with Crippen molar-refractivity contribution >= 4 is 50.9 Å². The summed E-state index contributed by atoms with van der Waals surface area (Å²) in [5.74, 6) is -0.837. The summed E-state index contributed by atoms with van der Waals surface area (Å²) in [5, 5.41) is 3.06. The van der Waals surface area contributed by atoms with Gasteiger partial charge < -0.3 is 19.7 Å². The molecule has 0 bridgehead atoms. The Kier molecular flexibility index (Phi) is 5.46. The lowest BCUT2D eigenvalue weighted by molar-refractivity contribution is -0.121. The minimum Gasteiger partial charge on any atom is -0.454 e. The van der Waals surface area contributed by atoms with Crippen molar-refractivity contribution in [2.75, 3.05) is 17.0 Å². The van der Waals surface area contributed by atoms with Gasteiger partial charge >= 0.3 is 0 Å². The maximum atomic E-state index is 14.8. The van der Waals surface area contributed by atoms with Crippen molar-refractivity contribution in [3.05, 3.63) is 124 Å². The zero-order valence-electron chi connectivity index (χ0n) is 22.1. The normalized spacial score (nSPS) is 24.3. The van der Waals surface area contributed by atoms with E-state index >= 15 is 0 Å². The number of carbonyl (C=O) groups is 3. The molecule has 0 saturated carbocycles. The van der Waals surface area contributed by atoms with Crippen molar-refractivity contribution in [2.45, 2.75) is 17.5 Å². The first-order chi connectivity index (χ1) is 20.5. The Labute approximate surface area is 249 Å². The minimum atomic E-state index is -1.36. The van der Waals surface area contributed by atoms with Gasteiger partial charge in [0.25, 0.3) is 0 Å². The van der Waals surface area contributed by atoms with Gasteiger partial charge in [0, 0.05) is 27.0 Å².